The van der Waals surface area contributed by atoms with Crippen LogP contribution in [0, 0.1) is 37.0 Å². The van der Waals surface area contributed by atoms with Crippen molar-refractivity contribution in [3.05, 3.63) is 11.4 Å². The predicted molar refractivity (Wildman–Crippen MR) is 102 cm³/mol. The van der Waals surface area contributed by atoms with Crippen LogP contribution in [-0.4, -0.2) is 29.0 Å². The van der Waals surface area contributed by atoms with Gasteiger partial charge in [0.25, 0.3) is 0 Å². The first-order valence-electron chi connectivity index (χ1n) is 10.4. The monoisotopic (exact) mass is 354 g/mol. The maximum absolute atomic E-state index is 13.3. The number of nitrogens with zero attached hydrogens (tertiary/aromatic N) is 3. The van der Waals surface area contributed by atoms with Crippen LogP contribution < -0.4 is 10.2 Å². The van der Waals surface area contributed by atoms with Crippen LogP contribution in [0.25, 0.3) is 0 Å². The molecule has 0 unspecified atom stereocenters. The van der Waals surface area contributed by atoms with E-state index in [4.69, 9.17) is 9.97 Å². The minimum absolute atomic E-state index is 0.124. The summed E-state index contributed by atoms with van der Waals surface area (Å²) in [5, 5.41) is 3.27. The summed E-state index contributed by atoms with van der Waals surface area (Å²) in [6.07, 6.45) is 9.79. The molecule has 2 heterocycles. The SMILES string of the molecule is Cc1nc(N2CCCC2)nc(C)c1NC(=O)C12CC3CC(CC(C3)C1)C2. The molecule has 1 amide bonds. The van der Waals surface area contributed by atoms with Crippen molar-refractivity contribution in [2.45, 2.75) is 65.2 Å². The van der Waals surface area contributed by atoms with Gasteiger partial charge in [0.1, 0.15) is 0 Å². The molecule has 1 aliphatic heterocycles. The van der Waals surface area contributed by atoms with Gasteiger partial charge < -0.3 is 10.2 Å². The second kappa shape index (κ2) is 5.93. The van der Waals surface area contributed by atoms with Gasteiger partial charge in [0, 0.05) is 13.1 Å². The first kappa shape index (κ1) is 16.5. The molecule has 26 heavy (non-hydrogen) atoms. The highest BCUT2D eigenvalue weighted by Gasteiger charge is 2.54. The molecule has 0 spiro atoms. The van der Waals surface area contributed by atoms with Crippen molar-refractivity contribution in [2.75, 3.05) is 23.3 Å². The lowest BCUT2D eigenvalue weighted by Gasteiger charge is -2.55. The van der Waals surface area contributed by atoms with Crippen molar-refractivity contribution < 1.29 is 4.79 Å². The molecule has 0 aromatic carbocycles. The molecule has 1 N–H and O–H groups in total. The standard InChI is InChI=1S/C21H30N4O/c1-13-18(14(2)23-20(22-13)25-5-3-4-6-25)24-19(26)21-10-15-7-16(11-21)9-17(8-15)12-21/h15-17H,3-12H2,1-2H3,(H,24,26). The molecule has 1 aromatic heterocycles. The zero-order valence-corrected chi connectivity index (χ0v) is 16.1. The number of aryl methyl sites for hydroxylation is 2. The van der Waals surface area contributed by atoms with Gasteiger partial charge in [-0.1, -0.05) is 0 Å². The molecule has 1 aromatic rings. The third kappa shape index (κ3) is 2.62. The number of carbonyl (C=O) groups excluding carboxylic acids is 1. The van der Waals surface area contributed by atoms with Gasteiger partial charge in [0.15, 0.2) is 0 Å². The van der Waals surface area contributed by atoms with Gasteiger partial charge in [-0.2, -0.15) is 0 Å². The fraction of sp³-hybridized carbons (Fsp3) is 0.762. The van der Waals surface area contributed by atoms with Gasteiger partial charge in [-0.3, -0.25) is 4.79 Å². The van der Waals surface area contributed by atoms with E-state index in [1.165, 1.54) is 32.1 Å². The zero-order chi connectivity index (χ0) is 17.9. The number of hydrogen-bond donors (Lipinski definition) is 1. The van der Waals surface area contributed by atoms with E-state index in [9.17, 15) is 4.79 Å². The van der Waals surface area contributed by atoms with Gasteiger partial charge in [0.2, 0.25) is 11.9 Å². The maximum atomic E-state index is 13.3. The molecule has 4 bridgehead atoms. The fourth-order valence-corrected chi connectivity index (χ4v) is 6.57. The van der Waals surface area contributed by atoms with E-state index < -0.39 is 0 Å². The lowest BCUT2D eigenvalue weighted by molar-refractivity contribution is -0.140. The molecule has 140 valence electrons. The normalized spacial score (nSPS) is 35.2. The lowest BCUT2D eigenvalue weighted by Crippen LogP contribution is -2.51. The van der Waals surface area contributed by atoms with Crippen molar-refractivity contribution in [1.29, 1.82) is 0 Å². The Balaban J connectivity index is 1.38. The van der Waals surface area contributed by atoms with Gasteiger partial charge >= 0.3 is 0 Å². The number of amides is 1. The molecule has 4 saturated carbocycles. The van der Waals surface area contributed by atoms with Gasteiger partial charge in [-0.15, -0.1) is 0 Å². The highest BCUT2D eigenvalue weighted by atomic mass is 16.2. The van der Waals surface area contributed by atoms with Crippen molar-refractivity contribution in [3.8, 4) is 0 Å². The zero-order valence-electron chi connectivity index (χ0n) is 16.1. The van der Waals surface area contributed by atoms with E-state index in [-0.39, 0.29) is 11.3 Å². The third-order valence-corrected chi connectivity index (χ3v) is 7.41. The van der Waals surface area contributed by atoms with Gasteiger partial charge in [-0.25, -0.2) is 9.97 Å². The smallest absolute Gasteiger partial charge is 0.230 e. The number of nitrogens with one attached hydrogen (secondary N) is 1. The molecule has 5 heteroatoms. The van der Waals surface area contributed by atoms with Crippen molar-refractivity contribution in [1.82, 2.24) is 9.97 Å². The Bertz CT molecular complexity index is 679. The average Bonchev–Trinajstić information content (AvgIpc) is 3.11. The number of rotatable bonds is 3. The number of anilines is 2. The average molecular weight is 354 g/mol. The summed E-state index contributed by atoms with van der Waals surface area (Å²) in [6, 6.07) is 0. The molecule has 0 atom stereocenters. The topological polar surface area (TPSA) is 58.1 Å². The summed E-state index contributed by atoms with van der Waals surface area (Å²) in [6.45, 7) is 6.09. The Kier molecular flexibility index (Phi) is 3.77. The van der Waals surface area contributed by atoms with Crippen LogP contribution in [0.15, 0.2) is 0 Å². The Morgan fingerprint density at radius 2 is 1.46 bits per heavy atom. The van der Waals surface area contributed by atoms with Crippen LogP contribution in [0.5, 0.6) is 0 Å². The van der Waals surface area contributed by atoms with Crippen LogP contribution in [0.4, 0.5) is 11.6 Å². The quantitative estimate of drug-likeness (QED) is 0.896. The Morgan fingerprint density at radius 3 is 1.96 bits per heavy atom. The van der Waals surface area contributed by atoms with E-state index >= 15 is 0 Å². The van der Waals surface area contributed by atoms with Crippen LogP contribution in [0.3, 0.4) is 0 Å². The summed E-state index contributed by atoms with van der Waals surface area (Å²) in [4.78, 5) is 25.0. The molecule has 1 saturated heterocycles. The summed E-state index contributed by atoms with van der Waals surface area (Å²) >= 11 is 0. The Hall–Kier alpha value is -1.65. The fourth-order valence-electron chi connectivity index (χ4n) is 6.57. The van der Waals surface area contributed by atoms with E-state index in [0.29, 0.717) is 0 Å². The summed E-state index contributed by atoms with van der Waals surface area (Å²) in [7, 11) is 0. The largest absolute Gasteiger partial charge is 0.341 e. The maximum Gasteiger partial charge on any atom is 0.230 e. The van der Waals surface area contributed by atoms with Crippen LogP contribution in [0.1, 0.15) is 62.8 Å². The highest BCUT2D eigenvalue weighted by molar-refractivity contribution is 5.96. The molecule has 5 fully saturated rings. The molecule has 5 nitrogen and oxygen atoms in total. The Morgan fingerprint density at radius 1 is 0.962 bits per heavy atom. The van der Waals surface area contributed by atoms with Gasteiger partial charge in [-0.05, 0) is 83.0 Å². The molecule has 4 aliphatic carbocycles. The summed E-state index contributed by atoms with van der Waals surface area (Å²) < 4.78 is 0. The van der Waals surface area contributed by atoms with Crippen LogP contribution in [0.2, 0.25) is 0 Å². The number of carbonyl (C=O) groups is 1. The van der Waals surface area contributed by atoms with E-state index in [1.54, 1.807) is 0 Å². The molecule has 6 rings (SSSR count). The molecular formula is C21H30N4O. The molecular weight excluding hydrogens is 324 g/mol. The third-order valence-electron chi connectivity index (χ3n) is 7.41. The Labute approximate surface area is 156 Å². The van der Waals surface area contributed by atoms with Crippen LogP contribution in [-0.2, 0) is 4.79 Å². The van der Waals surface area contributed by atoms with Crippen LogP contribution >= 0.6 is 0 Å². The van der Waals surface area contributed by atoms with Crippen molar-refractivity contribution >= 4 is 17.5 Å². The predicted octanol–water partition coefficient (Wildman–Crippen LogP) is 3.85. The molecule has 0 radical (unpaired) electrons. The summed E-state index contributed by atoms with van der Waals surface area (Å²) in [5.41, 5.74) is 2.52. The highest BCUT2D eigenvalue weighted by Crippen LogP contribution is 2.60. The van der Waals surface area contributed by atoms with E-state index in [1.807, 2.05) is 13.8 Å². The second-order valence-corrected chi connectivity index (χ2v) is 9.42. The first-order chi connectivity index (χ1) is 12.5. The number of aromatic nitrogens is 2. The number of hydrogen-bond acceptors (Lipinski definition) is 4. The lowest BCUT2D eigenvalue weighted by atomic mass is 9.49. The van der Waals surface area contributed by atoms with Gasteiger partial charge in [0.05, 0.1) is 22.5 Å². The van der Waals surface area contributed by atoms with E-state index in [0.717, 1.165) is 73.1 Å². The second-order valence-electron chi connectivity index (χ2n) is 9.42. The first-order valence-corrected chi connectivity index (χ1v) is 10.4. The van der Waals surface area contributed by atoms with Crippen molar-refractivity contribution in [3.63, 3.8) is 0 Å². The van der Waals surface area contributed by atoms with Crippen molar-refractivity contribution in [2.24, 2.45) is 23.2 Å². The molecule has 5 aliphatic rings. The summed E-state index contributed by atoms with van der Waals surface area (Å²) in [5.74, 6) is 3.40. The minimum atomic E-state index is -0.124. The minimum Gasteiger partial charge on any atom is -0.341 e. The van der Waals surface area contributed by atoms with E-state index in [2.05, 4.69) is 10.2 Å².